The van der Waals surface area contributed by atoms with Crippen LogP contribution in [0.15, 0.2) is 60.0 Å². The number of nitrogens with zero attached hydrogens (tertiary/aromatic N) is 1. The zero-order valence-corrected chi connectivity index (χ0v) is 15.6. The van der Waals surface area contributed by atoms with E-state index in [0.29, 0.717) is 26.7 Å². The SMILES string of the molecule is N#Cc1cccc(CNC(=O)c2ccc(Cl)c(NC(=O)c3cccs3)c2)c1. The van der Waals surface area contributed by atoms with Crippen molar-refractivity contribution >= 4 is 40.4 Å². The standard InChI is InChI=1S/C20H14ClN3O2S/c21-16-7-6-15(10-17(16)24-20(26)18-5-2-8-27-18)19(25)23-12-14-4-1-3-13(9-14)11-22/h1-10H,12H2,(H,23,25)(H,24,26). The van der Waals surface area contributed by atoms with Crippen LogP contribution < -0.4 is 10.6 Å². The lowest BCUT2D eigenvalue weighted by Gasteiger charge is -2.10. The van der Waals surface area contributed by atoms with E-state index < -0.39 is 0 Å². The van der Waals surface area contributed by atoms with Crippen molar-refractivity contribution in [3.63, 3.8) is 0 Å². The molecule has 0 radical (unpaired) electrons. The number of carbonyl (C=O) groups is 2. The molecule has 0 atom stereocenters. The molecule has 0 saturated heterocycles. The van der Waals surface area contributed by atoms with Gasteiger partial charge in [0.15, 0.2) is 0 Å². The number of hydrogen-bond donors (Lipinski definition) is 2. The number of amides is 2. The first-order chi connectivity index (χ1) is 13.1. The van der Waals surface area contributed by atoms with E-state index in [9.17, 15) is 9.59 Å². The molecule has 0 aliphatic rings. The first-order valence-corrected chi connectivity index (χ1v) is 9.24. The zero-order valence-electron chi connectivity index (χ0n) is 14.0. The fourth-order valence-electron chi connectivity index (χ4n) is 2.39. The van der Waals surface area contributed by atoms with Gasteiger partial charge in [0.25, 0.3) is 11.8 Å². The van der Waals surface area contributed by atoms with Crippen molar-refractivity contribution in [1.29, 1.82) is 5.26 Å². The lowest BCUT2D eigenvalue weighted by atomic mass is 10.1. The predicted molar refractivity (Wildman–Crippen MR) is 106 cm³/mol. The second-order valence-corrected chi connectivity index (χ2v) is 6.98. The van der Waals surface area contributed by atoms with Gasteiger partial charge in [-0.3, -0.25) is 9.59 Å². The first kappa shape index (κ1) is 18.6. The maximum atomic E-state index is 12.4. The van der Waals surface area contributed by atoms with Gasteiger partial charge >= 0.3 is 0 Å². The van der Waals surface area contributed by atoms with E-state index >= 15 is 0 Å². The monoisotopic (exact) mass is 395 g/mol. The van der Waals surface area contributed by atoms with Crippen LogP contribution in [0.25, 0.3) is 0 Å². The molecule has 2 N–H and O–H groups in total. The molecule has 0 aliphatic heterocycles. The van der Waals surface area contributed by atoms with E-state index in [1.807, 2.05) is 11.4 Å². The average molecular weight is 396 g/mol. The van der Waals surface area contributed by atoms with Gasteiger partial charge in [-0.15, -0.1) is 11.3 Å². The lowest BCUT2D eigenvalue weighted by molar-refractivity contribution is 0.0949. The molecule has 27 heavy (non-hydrogen) atoms. The Balaban J connectivity index is 1.70. The minimum Gasteiger partial charge on any atom is -0.348 e. The third-order valence-corrected chi connectivity index (χ3v) is 4.93. The largest absolute Gasteiger partial charge is 0.348 e. The van der Waals surface area contributed by atoms with Crippen LogP contribution in [0.2, 0.25) is 5.02 Å². The van der Waals surface area contributed by atoms with Crippen molar-refractivity contribution in [2.75, 3.05) is 5.32 Å². The van der Waals surface area contributed by atoms with Crippen molar-refractivity contribution in [2.45, 2.75) is 6.54 Å². The average Bonchev–Trinajstić information content (AvgIpc) is 3.23. The van der Waals surface area contributed by atoms with Gasteiger partial charge < -0.3 is 10.6 Å². The topological polar surface area (TPSA) is 82.0 Å². The summed E-state index contributed by atoms with van der Waals surface area (Å²) in [4.78, 5) is 25.2. The van der Waals surface area contributed by atoms with Crippen LogP contribution in [0.1, 0.15) is 31.2 Å². The molecule has 0 aliphatic carbocycles. The van der Waals surface area contributed by atoms with Crippen molar-refractivity contribution in [3.05, 3.63) is 86.6 Å². The molecule has 5 nitrogen and oxygen atoms in total. The second kappa shape index (κ2) is 8.49. The van der Waals surface area contributed by atoms with Gasteiger partial charge in [-0.2, -0.15) is 5.26 Å². The van der Waals surface area contributed by atoms with E-state index in [4.69, 9.17) is 16.9 Å². The van der Waals surface area contributed by atoms with Crippen molar-refractivity contribution in [3.8, 4) is 6.07 Å². The van der Waals surface area contributed by atoms with E-state index in [0.717, 1.165) is 5.56 Å². The smallest absolute Gasteiger partial charge is 0.265 e. The summed E-state index contributed by atoms with van der Waals surface area (Å²) in [6, 6.07) is 17.3. The number of nitrogens with one attached hydrogen (secondary N) is 2. The molecule has 1 heterocycles. The minimum absolute atomic E-state index is 0.280. The number of thiophene rings is 1. The van der Waals surface area contributed by atoms with E-state index in [1.165, 1.54) is 17.4 Å². The molecule has 1 aromatic heterocycles. The van der Waals surface area contributed by atoms with Crippen LogP contribution in [0.3, 0.4) is 0 Å². The third kappa shape index (κ3) is 4.73. The summed E-state index contributed by atoms with van der Waals surface area (Å²) in [7, 11) is 0. The molecule has 2 amide bonds. The molecule has 0 bridgehead atoms. The quantitative estimate of drug-likeness (QED) is 0.669. The summed E-state index contributed by atoms with van der Waals surface area (Å²) in [5, 5.41) is 16.6. The zero-order chi connectivity index (χ0) is 19.2. The molecule has 0 unspecified atom stereocenters. The number of halogens is 1. The fourth-order valence-corrected chi connectivity index (χ4v) is 3.17. The lowest BCUT2D eigenvalue weighted by Crippen LogP contribution is -2.23. The molecule has 0 saturated carbocycles. The maximum absolute atomic E-state index is 12.4. The highest BCUT2D eigenvalue weighted by molar-refractivity contribution is 7.12. The highest BCUT2D eigenvalue weighted by atomic mass is 35.5. The molecular weight excluding hydrogens is 382 g/mol. The number of nitriles is 1. The van der Waals surface area contributed by atoms with Crippen LogP contribution in [0.4, 0.5) is 5.69 Å². The Morgan fingerprint density at radius 1 is 1.07 bits per heavy atom. The normalized spacial score (nSPS) is 10.1. The Labute approximate surface area is 165 Å². The summed E-state index contributed by atoms with van der Waals surface area (Å²) >= 11 is 7.46. The summed E-state index contributed by atoms with van der Waals surface area (Å²) < 4.78 is 0. The molecule has 0 spiro atoms. The van der Waals surface area contributed by atoms with Gasteiger partial charge in [-0.05, 0) is 47.3 Å². The number of hydrogen-bond acceptors (Lipinski definition) is 4. The van der Waals surface area contributed by atoms with Gasteiger partial charge in [0, 0.05) is 12.1 Å². The summed E-state index contributed by atoms with van der Waals surface area (Å²) in [5.41, 5.74) is 2.10. The van der Waals surface area contributed by atoms with Crippen LogP contribution in [0.5, 0.6) is 0 Å². The number of carbonyl (C=O) groups excluding carboxylic acids is 2. The Bertz CT molecular complexity index is 1030. The van der Waals surface area contributed by atoms with Crippen molar-refractivity contribution in [2.24, 2.45) is 0 Å². The molecule has 0 fully saturated rings. The molecule has 7 heteroatoms. The highest BCUT2D eigenvalue weighted by Crippen LogP contribution is 2.24. The molecule has 3 rings (SSSR count). The maximum Gasteiger partial charge on any atom is 0.265 e. The van der Waals surface area contributed by atoms with Gasteiger partial charge in [0.05, 0.1) is 27.2 Å². The Morgan fingerprint density at radius 3 is 2.67 bits per heavy atom. The third-order valence-electron chi connectivity index (χ3n) is 3.73. The Kier molecular flexibility index (Phi) is 5.87. The van der Waals surface area contributed by atoms with Crippen LogP contribution >= 0.6 is 22.9 Å². The number of rotatable bonds is 5. The van der Waals surface area contributed by atoms with E-state index in [-0.39, 0.29) is 18.4 Å². The molecule has 134 valence electrons. The van der Waals surface area contributed by atoms with Gasteiger partial charge in [0.1, 0.15) is 0 Å². The van der Waals surface area contributed by atoms with E-state index in [1.54, 1.807) is 42.5 Å². The van der Waals surface area contributed by atoms with Gasteiger partial charge in [-0.1, -0.05) is 29.8 Å². The summed E-state index contributed by atoms with van der Waals surface area (Å²) in [6.45, 7) is 0.286. The predicted octanol–water partition coefficient (Wildman–Crippen LogP) is 4.46. The Morgan fingerprint density at radius 2 is 1.93 bits per heavy atom. The van der Waals surface area contributed by atoms with Gasteiger partial charge in [-0.25, -0.2) is 0 Å². The molecule has 2 aromatic carbocycles. The van der Waals surface area contributed by atoms with E-state index in [2.05, 4.69) is 16.7 Å². The summed E-state index contributed by atoms with van der Waals surface area (Å²) in [6.07, 6.45) is 0. The van der Waals surface area contributed by atoms with Crippen LogP contribution in [-0.4, -0.2) is 11.8 Å². The molecule has 3 aromatic rings. The first-order valence-electron chi connectivity index (χ1n) is 7.98. The second-order valence-electron chi connectivity index (χ2n) is 5.62. The minimum atomic E-state index is -0.305. The van der Waals surface area contributed by atoms with Crippen LogP contribution in [-0.2, 0) is 6.54 Å². The summed E-state index contributed by atoms with van der Waals surface area (Å²) in [5.74, 6) is -0.585. The van der Waals surface area contributed by atoms with Gasteiger partial charge in [0.2, 0.25) is 0 Å². The number of benzene rings is 2. The fraction of sp³-hybridized carbons (Fsp3) is 0.0500. The number of anilines is 1. The highest BCUT2D eigenvalue weighted by Gasteiger charge is 2.13. The van der Waals surface area contributed by atoms with Crippen molar-refractivity contribution < 1.29 is 9.59 Å². The van der Waals surface area contributed by atoms with Crippen molar-refractivity contribution in [1.82, 2.24) is 5.32 Å². The Hall–Kier alpha value is -3.14. The van der Waals surface area contributed by atoms with Crippen LogP contribution in [0, 0.1) is 11.3 Å². The molecular formula is C20H14ClN3O2S.